The van der Waals surface area contributed by atoms with Crippen LogP contribution in [-0.4, -0.2) is 18.0 Å². The van der Waals surface area contributed by atoms with Crippen molar-refractivity contribution in [1.82, 2.24) is 4.98 Å². The number of nitrogens with zero attached hydrogens (tertiary/aromatic N) is 1. The minimum atomic E-state index is -4.18. The number of hydrogen-bond donors (Lipinski definition) is 1. The third-order valence-corrected chi connectivity index (χ3v) is 4.25. The first-order valence-corrected chi connectivity index (χ1v) is 6.49. The van der Waals surface area contributed by atoms with Crippen molar-refractivity contribution < 1.29 is 13.0 Å². The highest BCUT2D eigenvalue weighted by Crippen LogP contribution is 2.30. The Morgan fingerprint density at radius 2 is 2.00 bits per heavy atom. The van der Waals surface area contributed by atoms with Gasteiger partial charge in [0.15, 0.2) is 0 Å². The predicted octanol–water partition coefficient (Wildman–Crippen LogP) is 2.16. The maximum atomic E-state index is 11.2. The molecule has 0 saturated heterocycles. The van der Waals surface area contributed by atoms with Crippen molar-refractivity contribution in [3.63, 3.8) is 0 Å². The third kappa shape index (κ3) is 1.75. The molecule has 1 aromatic carbocycles. The fraction of sp³-hybridized carbons (Fsp3) is 0.222. The Morgan fingerprint density at radius 3 is 2.60 bits per heavy atom. The van der Waals surface area contributed by atoms with Gasteiger partial charge in [0.2, 0.25) is 0 Å². The van der Waals surface area contributed by atoms with Crippen LogP contribution in [0.3, 0.4) is 0 Å². The molecule has 0 bridgehead atoms. The Hall–Kier alpha value is -0.980. The molecule has 0 aliphatic rings. The van der Waals surface area contributed by atoms with Crippen LogP contribution in [-0.2, 0) is 10.1 Å². The van der Waals surface area contributed by atoms with Crippen LogP contribution in [0.4, 0.5) is 0 Å². The van der Waals surface area contributed by atoms with E-state index < -0.39 is 10.1 Å². The van der Waals surface area contributed by atoms with Crippen molar-refractivity contribution in [3.8, 4) is 0 Å². The van der Waals surface area contributed by atoms with Crippen LogP contribution in [0.15, 0.2) is 17.0 Å². The Balaban J connectivity index is 2.98. The van der Waals surface area contributed by atoms with Gasteiger partial charge in [-0.2, -0.15) is 8.42 Å². The molecule has 0 spiro atoms. The molecular weight excluding hydrogens is 234 g/mol. The molecule has 0 unspecified atom stereocenters. The Bertz CT molecular complexity index is 628. The SMILES string of the molecule is Cc1nc2ccc(C)c(S(=O)(=O)O)c2s1. The molecule has 0 amide bonds. The van der Waals surface area contributed by atoms with Gasteiger partial charge in [-0.15, -0.1) is 11.3 Å². The number of aryl methyl sites for hydroxylation is 2. The van der Waals surface area contributed by atoms with Crippen molar-refractivity contribution >= 4 is 31.7 Å². The summed E-state index contributed by atoms with van der Waals surface area (Å²) in [6.07, 6.45) is 0. The zero-order valence-corrected chi connectivity index (χ0v) is 9.82. The molecule has 0 fully saturated rings. The zero-order valence-electron chi connectivity index (χ0n) is 8.18. The standard InChI is InChI=1S/C9H9NO3S2/c1-5-3-4-7-8(14-6(2)10-7)9(5)15(11,12)13/h3-4H,1-2H3,(H,11,12,13). The summed E-state index contributed by atoms with van der Waals surface area (Å²) in [5, 5.41) is 0.778. The average molecular weight is 243 g/mol. The van der Waals surface area contributed by atoms with Gasteiger partial charge in [-0.05, 0) is 25.5 Å². The van der Waals surface area contributed by atoms with Gasteiger partial charge in [-0.1, -0.05) is 6.07 Å². The van der Waals surface area contributed by atoms with Crippen LogP contribution in [0.2, 0.25) is 0 Å². The van der Waals surface area contributed by atoms with Gasteiger partial charge in [0.25, 0.3) is 10.1 Å². The van der Waals surface area contributed by atoms with E-state index in [9.17, 15) is 8.42 Å². The summed E-state index contributed by atoms with van der Waals surface area (Å²) >= 11 is 1.27. The van der Waals surface area contributed by atoms with Crippen LogP contribution >= 0.6 is 11.3 Å². The van der Waals surface area contributed by atoms with Crippen molar-refractivity contribution in [2.75, 3.05) is 0 Å². The first kappa shape index (κ1) is 10.5. The monoisotopic (exact) mass is 243 g/mol. The molecule has 0 radical (unpaired) electrons. The summed E-state index contributed by atoms with van der Waals surface area (Å²) in [5.41, 5.74) is 1.14. The number of aromatic nitrogens is 1. The van der Waals surface area contributed by atoms with Crippen molar-refractivity contribution in [3.05, 3.63) is 22.7 Å². The van der Waals surface area contributed by atoms with Gasteiger partial charge in [0.1, 0.15) is 4.90 Å². The van der Waals surface area contributed by atoms with Crippen LogP contribution in [0.1, 0.15) is 10.6 Å². The second-order valence-electron chi connectivity index (χ2n) is 3.27. The Labute approximate surface area is 91.3 Å². The minimum absolute atomic E-state index is 0.0226. The maximum Gasteiger partial charge on any atom is 0.296 e. The lowest BCUT2D eigenvalue weighted by atomic mass is 10.2. The van der Waals surface area contributed by atoms with Gasteiger partial charge < -0.3 is 0 Å². The summed E-state index contributed by atoms with van der Waals surface area (Å²) in [4.78, 5) is 4.15. The minimum Gasteiger partial charge on any atom is -0.282 e. The quantitative estimate of drug-likeness (QED) is 0.779. The van der Waals surface area contributed by atoms with E-state index in [1.54, 1.807) is 26.0 Å². The predicted molar refractivity (Wildman–Crippen MR) is 58.9 cm³/mol. The molecule has 4 nitrogen and oxygen atoms in total. The highest BCUT2D eigenvalue weighted by Gasteiger charge is 2.19. The van der Waals surface area contributed by atoms with E-state index in [1.807, 2.05) is 0 Å². The van der Waals surface area contributed by atoms with Crippen molar-refractivity contribution in [2.24, 2.45) is 0 Å². The first-order valence-electron chi connectivity index (χ1n) is 4.24. The van der Waals surface area contributed by atoms with Crippen LogP contribution in [0, 0.1) is 13.8 Å². The summed E-state index contributed by atoms with van der Waals surface area (Å²) in [6.45, 7) is 3.45. The van der Waals surface area contributed by atoms with E-state index in [0.717, 1.165) is 5.01 Å². The molecule has 6 heteroatoms. The molecule has 15 heavy (non-hydrogen) atoms. The molecule has 0 atom stereocenters. The van der Waals surface area contributed by atoms with E-state index in [0.29, 0.717) is 15.8 Å². The van der Waals surface area contributed by atoms with Crippen LogP contribution in [0.25, 0.3) is 10.2 Å². The molecule has 80 valence electrons. The molecule has 1 N–H and O–H groups in total. The Morgan fingerprint density at radius 1 is 1.33 bits per heavy atom. The molecule has 1 aromatic heterocycles. The molecule has 2 rings (SSSR count). The van der Waals surface area contributed by atoms with E-state index in [-0.39, 0.29) is 4.90 Å². The summed E-state index contributed by atoms with van der Waals surface area (Å²) in [6, 6.07) is 3.40. The summed E-state index contributed by atoms with van der Waals surface area (Å²) in [5.74, 6) is 0. The fourth-order valence-electron chi connectivity index (χ4n) is 1.50. The van der Waals surface area contributed by atoms with Gasteiger partial charge >= 0.3 is 0 Å². The molecule has 0 saturated carbocycles. The van der Waals surface area contributed by atoms with Gasteiger partial charge in [-0.25, -0.2) is 4.98 Å². The topological polar surface area (TPSA) is 67.3 Å². The van der Waals surface area contributed by atoms with E-state index in [1.165, 1.54) is 11.3 Å². The van der Waals surface area contributed by atoms with E-state index >= 15 is 0 Å². The molecular formula is C9H9NO3S2. The number of benzene rings is 1. The highest BCUT2D eigenvalue weighted by molar-refractivity contribution is 7.86. The number of rotatable bonds is 1. The average Bonchev–Trinajstić information content (AvgIpc) is 2.41. The van der Waals surface area contributed by atoms with Crippen LogP contribution < -0.4 is 0 Å². The number of fused-ring (bicyclic) bond motifs is 1. The Kier molecular flexibility index (Phi) is 2.29. The fourth-order valence-corrected chi connectivity index (χ4v) is 3.66. The lowest BCUT2D eigenvalue weighted by molar-refractivity contribution is 0.484. The lowest BCUT2D eigenvalue weighted by Gasteiger charge is -2.02. The normalized spacial score (nSPS) is 12.2. The second-order valence-corrected chi connectivity index (χ2v) is 5.83. The highest BCUT2D eigenvalue weighted by atomic mass is 32.2. The number of hydrogen-bond acceptors (Lipinski definition) is 4. The van der Waals surface area contributed by atoms with Gasteiger partial charge in [0, 0.05) is 0 Å². The largest absolute Gasteiger partial charge is 0.296 e. The second kappa shape index (κ2) is 3.26. The van der Waals surface area contributed by atoms with E-state index in [4.69, 9.17) is 4.55 Å². The van der Waals surface area contributed by atoms with Crippen LogP contribution in [0.5, 0.6) is 0 Å². The summed E-state index contributed by atoms with van der Waals surface area (Å²) in [7, 11) is -4.18. The van der Waals surface area contributed by atoms with Gasteiger partial charge in [0.05, 0.1) is 15.2 Å². The molecule has 0 aliphatic carbocycles. The first-order chi connectivity index (χ1) is 6.89. The zero-order chi connectivity index (χ0) is 11.2. The summed E-state index contributed by atoms with van der Waals surface area (Å²) < 4.78 is 32.1. The third-order valence-electron chi connectivity index (χ3n) is 2.07. The molecule has 1 heterocycles. The van der Waals surface area contributed by atoms with Crippen molar-refractivity contribution in [2.45, 2.75) is 18.7 Å². The number of thiazole rings is 1. The molecule has 0 aliphatic heterocycles. The van der Waals surface area contributed by atoms with Crippen molar-refractivity contribution in [1.29, 1.82) is 0 Å². The lowest BCUT2D eigenvalue weighted by Crippen LogP contribution is -2.00. The maximum absolute atomic E-state index is 11.2. The smallest absolute Gasteiger partial charge is 0.282 e. The molecule has 2 aromatic rings. The van der Waals surface area contributed by atoms with Gasteiger partial charge in [-0.3, -0.25) is 4.55 Å². The van der Waals surface area contributed by atoms with E-state index in [2.05, 4.69) is 4.98 Å².